The molecule has 0 unspecified atom stereocenters. The fraction of sp³-hybridized carbons (Fsp3) is 0.0588. The fourth-order valence-electron chi connectivity index (χ4n) is 2.29. The quantitative estimate of drug-likeness (QED) is 0.485. The minimum atomic E-state index is -0.222. The maximum absolute atomic E-state index is 12.0. The molecule has 0 fully saturated rings. The molecule has 0 bridgehead atoms. The largest absolute Gasteiger partial charge is 0.507 e. The number of H-pyrrole nitrogens is 1. The smallest absolute Gasteiger partial charge is 0.244 e. The Morgan fingerprint density at radius 2 is 2.13 bits per heavy atom. The van der Waals surface area contributed by atoms with Gasteiger partial charge in [-0.3, -0.25) is 4.79 Å². The zero-order chi connectivity index (χ0) is 16.2. The summed E-state index contributed by atoms with van der Waals surface area (Å²) < 4.78 is 0.821. The Morgan fingerprint density at radius 1 is 1.30 bits per heavy atom. The molecular formula is C17H14BrN3O2. The van der Waals surface area contributed by atoms with E-state index < -0.39 is 0 Å². The van der Waals surface area contributed by atoms with Gasteiger partial charge in [0.1, 0.15) is 5.75 Å². The number of aromatic hydroxyl groups is 1. The molecule has 3 rings (SSSR count). The molecule has 1 heterocycles. The third-order valence-electron chi connectivity index (χ3n) is 3.41. The van der Waals surface area contributed by atoms with Gasteiger partial charge in [0.05, 0.1) is 12.6 Å². The van der Waals surface area contributed by atoms with Gasteiger partial charge in [0.25, 0.3) is 0 Å². The number of phenolic OH excluding ortho intramolecular Hbond substituents is 1. The Hall–Kier alpha value is -2.60. The van der Waals surface area contributed by atoms with E-state index in [-0.39, 0.29) is 18.1 Å². The van der Waals surface area contributed by atoms with Gasteiger partial charge in [0.2, 0.25) is 5.91 Å². The molecule has 0 saturated carbocycles. The van der Waals surface area contributed by atoms with Crippen molar-refractivity contribution in [2.24, 2.45) is 5.10 Å². The molecule has 0 aliphatic heterocycles. The summed E-state index contributed by atoms with van der Waals surface area (Å²) in [6, 6.07) is 12.8. The van der Waals surface area contributed by atoms with Crippen LogP contribution in [0.2, 0.25) is 0 Å². The van der Waals surface area contributed by atoms with Crippen LogP contribution >= 0.6 is 15.9 Å². The van der Waals surface area contributed by atoms with Gasteiger partial charge in [-0.1, -0.05) is 34.1 Å². The highest BCUT2D eigenvalue weighted by molar-refractivity contribution is 9.10. The molecule has 116 valence electrons. The lowest BCUT2D eigenvalue weighted by Crippen LogP contribution is -2.19. The number of nitrogens with zero attached hydrogens (tertiary/aromatic N) is 1. The summed E-state index contributed by atoms with van der Waals surface area (Å²) in [6.45, 7) is 0. The number of halogens is 1. The average Bonchev–Trinajstić information content (AvgIpc) is 2.94. The Morgan fingerprint density at radius 3 is 3.00 bits per heavy atom. The predicted octanol–water partition coefficient (Wildman–Crippen LogP) is 3.33. The maximum Gasteiger partial charge on any atom is 0.244 e. The van der Waals surface area contributed by atoms with Crippen molar-refractivity contribution in [1.82, 2.24) is 10.4 Å². The second-order valence-corrected chi connectivity index (χ2v) is 5.95. The van der Waals surface area contributed by atoms with Gasteiger partial charge >= 0.3 is 0 Å². The van der Waals surface area contributed by atoms with Crippen molar-refractivity contribution >= 4 is 39.0 Å². The summed E-state index contributed by atoms with van der Waals surface area (Å²) in [7, 11) is 0. The van der Waals surface area contributed by atoms with Crippen LogP contribution in [0.15, 0.2) is 58.2 Å². The molecular weight excluding hydrogens is 358 g/mol. The first-order valence-corrected chi connectivity index (χ1v) is 7.78. The van der Waals surface area contributed by atoms with Gasteiger partial charge in [-0.2, -0.15) is 5.10 Å². The number of carbonyl (C=O) groups excluding carboxylic acids is 1. The molecule has 0 saturated heterocycles. The number of amides is 1. The van der Waals surface area contributed by atoms with E-state index in [0.29, 0.717) is 5.56 Å². The van der Waals surface area contributed by atoms with Crippen LogP contribution in [0, 0.1) is 0 Å². The van der Waals surface area contributed by atoms with Crippen molar-refractivity contribution in [3.05, 3.63) is 64.3 Å². The third kappa shape index (κ3) is 3.60. The maximum atomic E-state index is 12.0. The zero-order valence-electron chi connectivity index (χ0n) is 12.1. The van der Waals surface area contributed by atoms with Gasteiger partial charge in [0.15, 0.2) is 0 Å². The molecule has 5 nitrogen and oxygen atoms in total. The van der Waals surface area contributed by atoms with E-state index in [4.69, 9.17) is 0 Å². The van der Waals surface area contributed by atoms with E-state index in [1.807, 2.05) is 30.5 Å². The number of hydrogen-bond acceptors (Lipinski definition) is 3. The SMILES string of the molecule is O=C(Cc1c[nH]c2ccccc12)N/N=C/c1cc(Br)ccc1O. The van der Waals surface area contributed by atoms with E-state index in [9.17, 15) is 9.90 Å². The molecule has 2 aromatic carbocycles. The summed E-state index contributed by atoms with van der Waals surface area (Å²) in [6.07, 6.45) is 3.47. The summed E-state index contributed by atoms with van der Waals surface area (Å²) in [4.78, 5) is 15.1. The molecule has 0 radical (unpaired) electrons. The molecule has 0 atom stereocenters. The highest BCUT2D eigenvalue weighted by atomic mass is 79.9. The number of aromatic nitrogens is 1. The molecule has 1 amide bonds. The Kier molecular flexibility index (Phi) is 4.43. The van der Waals surface area contributed by atoms with Crippen molar-refractivity contribution in [1.29, 1.82) is 0 Å². The topological polar surface area (TPSA) is 77.5 Å². The Bertz CT molecular complexity index is 886. The molecule has 0 spiro atoms. The first-order chi connectivity index (χ1) is 11.1. The lowest BCUT2D eigenvalue weighted by atomic mass is 10.1. The van der Waals surface area contributed by atoms with Crippen LogP contribution in [0.25, 0.3) is 10.9 Å². The highest BCUT2D eigenvalue weighted by Gasteiger charge is 2.07. The summed E-state index contributed by atoms with van der Waals surface area (Å²) in [5.74, 6) is -0.122. The van der Waals surface area contributed by atoms with E-state index in [1.54, 1.807) is 18.2 Å². The summed E-state index contributed by atoms with van der Waals surface area (Å²) in [5, 5.41) is 14.6. The van der Waals surface area contributed by atoms with Crippen molar-refractivity contribution < 1.29 is 9.90 Å². The van der Waals surface area contributed by atoms with E-state index in [2.05, 4.69) is 31.4 Å². The number of para-hydroxylation sites is 1. The lowest BCUT2D eigenvalue weighted by molar-refractivity contribution is -0.120. The normalized spacial score (nSPS) is 11.2. The van der Waals surface area contributed by atoms with Crippen LogP contribution in [0.4, 0.5) is 0 Å². The predicted molar refractivity (Wildman–Crippen MR) is 93.5 cm³/mol. The van der Waals surface area contributed by atoms with Gasteiger partial charge in [-0.15, -0.1) is 0 Å². The molecule has 0 aliphatic rings. The first-order valence-electron chi connectivity index (χ1n) is 6.99. The lowest BCUT2D eigenvalue weighted by Gasteiger charge is -2.01. The number of hydrazone groups is 1. The number of benzene rings is 2. The van der Waals surface area contributed by atoms with Gasteiger partial charge in [0, 0.05) is 27.1 Å². The van der Waals surface area contributed by atoms with Crippen LogP contribution in [0.5, 0.6) is 5.75 Å². The summed E-state index contributed by atoms with van der Waals surface area (Å²) >= 11 is 3.32. The molecule has 23 heavy (non-hydrogen) atoms. The molecule has 1 aromatic heterocycles. The van der Waals surface area contributed by atoms with Crippen LogP contribution in [0.1, 0.15) is 11.1 Å². The van der Waals surface area contributed by atoms with Crippen LogP contribution in [-0.4, -0.2) is 22.2 Å². The number of rotatable bonds is 4. The van der Waals surface area contributed by atoms with Gasteiger partial charge in [-0.25, -0.2) is 5.43 Å². The monoisotopic (exact) mass is 371 g/mol. The Balaban J connectivity index is 1.66. The molecule has 3 N–H and O–H groups in total. The van der Waals surface area contributed by atoms with Gasteiger partial charge in [-0.05, 0) is 29.8 Å². The second kappa shape index (κ2) is 6.66. The first kappa shape index (κ1) is 15.3. The van der Waals surface area contributed by atoms with Crippen LogP contribution < -0.4 is 5.43 Å². The number of hydrogen-bond donors (Lipinski definition) is 3. The van der Waals surface area contributed by atoms with E-state index >= 15 is 0 Å². The molecule has 6 heteroatoms. The number of aromatic amines is 1. The van der Waals surface area contributed by atoms with Crippen LogP contribution in [-0.2, 0) is 11.2 Å². The Labute approximate surface area is 141 Å². The van der Waals surface area contributed by atoms with Crippen LogP contribution in [0.3, 0.4) is 0 Å². The number of phenols is 1. The standard InChI is InChI=1S/C17H14BrN3O2/c18-13-5-6-16(22)12(7-13)10-20-21-17(23)8-11-9-19-15-4-2-1-3-14(11)15/h1-7,9-10,19,22H,8H2,(H,21,23)/b20-10+. The molecule has 3 aromatic rings. The highest BCUT2D eigenvalue weighted by Crippen LogP contribution is 2.20. The number of fused-ring (bicyclic) bond motifs is 1. The van der Waals surface area contributed by atoms with Gasteiger partial charge < -0.3 is 10.1 Å². The zero-order valence-corrected chi connectivity index (χ0v) is 13.7. The third-order valence-corrected chi connectivity index (χ3v) is 3.90. The summed E-state index contributed by atoms with van der Waals surface area (Å²) in [5.41, 5.74) is 4.90. The fourth-order valence-corrected chi connectivity index (χ4v) is 2.67. The minimum absolute atomic E-state index is 0.0998. The minimum Gasteiger partial charge on any atom is -0.507 e. The number of nitrogens with one attached hydrogen (secondary N) is 2. The average molecular weight is 372 g/mol. The van der Waals surface area contributed by atoms with Crippen molar-refractivity contribution in [2.45, 2.75) is 6.42 Å². The van der Waals surface area contributed by atoms with Crippen molar-refractivity contribution in [3.63, 3.8) is 0 Å². The van der Waals surface area contributed by atoms with E-state index in [0.717, 1.165) is 20.9 Å². The second-order valence-electron chi connectivity index (χ2n) is 5.03. The van der Waals surface area contributed by atoms with Crippen molar-refractivity contribution in [3.8, 4) is 5.75 Å². The number of carbonyl (C=O) groups is 1. The molecule has 0 aliphatic carbocycles. The van der Waals surface area contributed by atoms with Crippen molar-refractivity contribution in [2.75, 3.05) is 0 Å². The van der Waals surface area contributed by atoms with E-state index in [1.165, 1.54) is 6.21 Å².